The van der Waals surface area contributed by atoms with Crippen LogP contribution in [-0.4, -0.2) is 28.5 Å². The largest absolute Gasteiger partial charge is 0.338 e. The molecule has 1 aromatic heterocycles. The van der Waals surface area contributed by atoms with E-state index in [1.165, 1.54) is 4.57 Å². The van der Waals surface area contributed by atoms with Gasteiger partial charge in [-0.05, 0) is 20.8 Å². The van der Waals surface area contributed by atoms with Crippen LogP contribution in [0, 0.1) is 6.92 Å². The lowest BCUT2D eigenvalue weighted by atomic mass is 10.3. The molecule has 0 unspecified atom stereocenters. The van der Waals surface area contributed by atoms with Gasteiger partial charge in [-0.1, -0.05) is 11.3 Å². The molecule has 5 heteroatoms. The van der Waals surface area contributed by atoms with Crippen molar-refractivity contribution in [1.29, 1.82) is 0 Å². The second-order valence-corrected chi connectivity index (χ2v) is 4.28. The second-order valence-electron chi connectivity index (χ2n) is 3.32. The number of hydrogen-bond acceptors (Lipinski definition) is 3. The van der Waals surface area contributed by atoms with Gasteiger partial charge in [0.1, 0.15) is 4.88 Å². The lowest BCUT2D eigenvalue weighted by Crippen LogP contribution is -2.30. The lowest BCUT2D eigenvalue weighted by Gasteiger charge is -2.17. The summed E-state index contributed by atoms with van der Waals surface area (Å²) in [6.07, 6.45) is 0. The Hall–Kier alpha value is -1.10. The first-order valence-corrected chi connectivity index (χ1v) is 5.80. The molecule has 1 rings (SSSR count). The molecule has 0 fully saturated rings. The van der Waals surface area contributed by atoms with Crippen LogP contribution < -0.4 is 4.87 Å². The van der Waals surface area contributed by atoms with E-state index in [9.17, 15) is 9.59 Å². The molecule has 0 aromatic carbocycles. The standard InChI is InChI=1S/C10H16N2O2S/c1-5-12(6-2)9(13)8-7(3)11(4)10(14)15-8/h5-6H2,1-4H3. The summed E-state index contributed by atoms with van der Waals surface area (Å²) in [6.45, 7) is 7.01. The van der Waals surface area contributed by atoms with Crippen LogP contribution in [0.25, 0.3) is 0 Å². The number of thiazole rings is 1. The summed E-state index contributed by atoms with van der Waals surface area (Å²) in [5.41, 5.74) is 0.752. The maximum atomic E-state index is 12.0. The highest BCUT2D eigenvalue weighted by Gasteiger charge is 2.19. The normalized spacial score (nSPS) is 10.4. The van der Waals surface area contributed by atoms with Crippen molar-refractivity contribution >= 4 is 17.2 Å². The van der Waals surface area contributed by atoms with Gasteiger partial charge < -0.3 is 9.47 Å². The predicted octanol–water partition coefficient (Wildman–Crippen LogP) is 1.24. The molecule has 84 valence electrons. The molecule has 0 atom stereocenters. The average molecular weight is 228 g/mol. The second kappa shape index (κ2) is 4.61. The molecule has 1 amide bonds. The maximum Gasteiger partial charge on any atom is 0.307 e. The minimum atomic E-state index is -0.0805. The summed E-state index contributed by atoms with van der Waals surface area (Å²) in [5, 5.41) is 0. The Balaban J connectivity index is 3.11. The summed E-state index contributed by atoms with van der Waals surface area (Å²) in [6, 6.07) is 0. The molecule has 0 aliphatic carbocycles. The minimum absolute atomic E-state index is 0.0415. The van der Waals surface area contributed by atoms with Gasteiger partial charge in [0.2, 0.25) is 0 Å². The van der Waals surface area contributed by atoms with Crippen LogP contribution >= 0.6 is 11.3 Å². The smallest absolute Gasteiger partial charge is 0.307 e. The molecule has 0 saturated carbocycles. The average Bonchev–Trinajstić information content (AvgIpc) is 2.47. The number of hydrogen-bond donors (Lipinski definition) is 0. The summed E-state index contributed by atoms with van der Waals surface area (Å²) < 4.78 is 1.52. The third-order valence-electron chi connectivity index (χ3n) is 2.54. The Morgan fingerprint density at radius 2 is 1.93 bits per heavy atom. The Morgan fingerprint density at radius 3 is 2.27 bits per heavy atom. The maximum absolute atomic E-state index is 12.0. The Kier molecular flexibility index (Phi) is 3.68. The molecule has 0 bridgehead atoms. The molecular formula is C10H16N2O2S. The third kappa shape index (κ3) is 2.12. The zero-order valence-corrected chi connectivity index (χ0v) is 10.3. The first-order valence-electron chi connectivity index (χ1n) is 4.98. The van der Waals surface area contributed by atoms with E-state index in [0.717, 1.165) is 17.0 Å². The highest BCUT2D eigenvalue weighted by Crippen LogP contribution is 2.13. The van der Waals surface area contributed by atoms with Crippen LogP contribution in [0.4, 0.5) is 0 Å². The van der Waals surface area contributed by atoms with Crippen molar-refractivity contribution < 1.29 is 4.79 Å². The Bertz CT molecular complexity index is 416. The molecule has 15 heavy (non-hydrogen) atoms. The lowest BCUT2D eigenvalue weighted by molar-refractivity contribution is 0.0776. The number of aromatic nitrogens is 1. The number of amides is 1. The van der Waals surface area contributed by atoms with Crippen LogP contribution in [0.15, 0.2) is 4.79 Å². The van der Waals surface area contributed by atoms with E-state index in [1.807, 2.05) is 13.8 Å². The molecule has 0 aliphatic heterocycles. The Labute approximate surface area is 93.1 Å². The van der Waals surface area contributed by atoms with Crippen molar-refractivity contribution in [3.63, 3.8) is 0 Å². The molecule has 0 aliphatic rings. The van der Waals surface area contributed by atoms with Crippen molar-refractivity contribution in [3.05, 3.63) is 20.2 Å². The summed E-state index contributed by atoms with van der Waals surface area (Å²) in [7, 11) is 1.69. The van der Waals surface area contributed by atoms with Crippen LogP contribution in [0.3, 0.4) is 0 Å². The molecule has 0 N–H and O–H groups in total. The van der Waals surface area contributed by atoms with Crippen molar-refractivity contribution in [1.82, 2.24) is 9.47 Å². The molecule has 0 radical (unpaired) electrons. The summed E-state index contributed by atoms with van der Waals surface area (Å²) in [4.78, 5) is 25.6. The molecular weight excluding hydrogens is 212 g/mol. The van der Waals surface area contributed by atoms with Gasteiger partial charge in [0.15, 0.2) is 0 Å². The van der Waals surface area contributed by atoms with Crippen LogP contribution in [-0.2, 0) is 7.05 Å². The number of carbonyl (C=O) groups excluding carboxylic acids is 1. The van der Waals surface area contributed by atoms with Gasteiger partial charge >= 0.3 is 4.87 Å². The zero-order chi connectivity index (χ0) is 11.6. The fraction of sp³-hybridized carbons (Fsp3) is 0.600. The van der Waals surface area contributed by atoms with Crippen LogP contribution in [0.1, 0.15) is 29.2 Å². The van der Waals surface area contributed by atoms with E-state index in [0.29, 0.717) is 18.0 Å². The predicted molar refractivity (Wildman–Crippen MR) is 61.5 cm³/mol. The van der Waals surface area contributed by atoms with Gasteiger partial charge in [-0.15, -0.1) is 0 Å². The number of rotatable bonds is 3. The monoisotopic (exact) mass is 228 g/mol. The molecule has 4 nitrogen and oxygen atoms in total. The van der Waals surface area contributed by atoms with Gasteiger partial charge in [-0.25, -0.2) is 0 Å². The minimum Gasteiger partial charge on any atom is -0.338 e. The fourth-order valence-corrected chi connectivity index (χ4v) is 2.32. The van der Waals surface area contributed by atoms with Crippen molar-refractivity contribution in [2.75, 3.05) is 13.1 Å². The number of carbonyl (C=O) groups is 1. The van der Waals surface area contributed by atoms with E-state index in [2.05, 4.69) is 0 Å². The van der Waals surface area contributed by atoms with Gasteiger partial charge in [-0.2, -0.15) is 0 Å². The number of nitrogens with zero attached hydrogens (tertiary/aromatic N) is 2. The first-order chi connectivity index (χ1) is 7.02. The highest BCUT2D eigenvalue weighted by atomic mass is 32.1. The quantitative estimate of drug-likeness (QED) is 0.781. The van der Waals surface area contributed by atoms with Crippen molar-refractivity contribution in [2.24, 2.45) is 7.05 Å². The summed E-state index contributed by atoms with van der Waals surface area (Å²) >= 11 is 1.02. The van der Waals surface area contributed by atoms with Gasteiger partial charge in [0.05, 0.1) is 0 Å². The fourth-order valence-electron chi connectivity index (χ4n) is 1.37. The van der Waals surface area contributed by atoms with E-state index < -0.39 is 0 Å². The molecule has 0 spiro atoms. The Morgan fingerprint density at radius 1 is 1.40 bits per heavy atom. The SMILES string of the molecule is CCN(CC)C(=O)c1sc(=O)n(C)c1C. The van der Waals surface area contributed by atoms with Gasteiger partial charge in [0.25, 0.3) is 5.91 Å². The van der Waals surface area contributed by atoms with Crippen molar-refractivity contribution in [3.8, 4) is 0 Å². The van der Waals surface area contributed by atoms with Gasteiger partial charge in [0, 0.05) is 25.8 Å². The zero-order valence-electron chi connectivity index (χ0n) is 9.53. The van der Waals surface area contributed by atoms with Crippen LogP contribution in [0.5, 0.6) is 0 Å². The van der Waals surface area contributed by atoms with Gasteiger partial charge in [-0.3, -0.25) is 9.59 Å². The van der Waals surface area contributed by atoms with E-state index in [-0.39, 0.29) is 10.8 Å². The first kappa shape index (κ1) is 12.0. The highest BCUT2D eigenvalue weighted by molar-refractivity contribution is 7.11. The van der Waals surface area contributed by atoms with Crippen LogP contribution in [0.2, 0.25) is 0 Å². The molecule has 1 heterocycles. The molecule has 1 aromatic rings. The topological polar surface area (TPSA) is 42.3 Å². The van der Waals surface area contributed by atoms with E-state index in [4.69, 9.17) is 0 Å². The van der Waals surface area contributed by atoms with Crippen molar-refractivity contribution in [2.45, 2.75) is 20.8 Å². The van der Waals surface area contributed by atoms with E-state index >= 15 is 0 Å². The summed E-state index contributed by atoms with van der Waals surface area (Å²) in [5.74, 6) is -0.0415. The van der Waals surface area contributed by atoms with E-state index in [1.54, 1.807) is 18.9 Å². The molecule has 0 saturated heterocycles. The third-order valence-corrected chi connectivity index (χ3v) is 3.66.